The van der Waals surface area contributed by atoms with Crippen molar-refractivity contribution < 1.29 is 9.22 Å². The first-order valence-electron chi connectivity index (χ1n) is 4.28. The lowest BCUT2D eigenvalue weighted by Gasteiger charge is -1.95. The van der Waals surface area contributed by atoms with Crippen molar-refractivity contribution in [2.45, 2.75) is 19.6 Å². The third kappa shape index (κ3) is 3.42. The van der Waals surface area contributed by atoms with Gasteiger partial charge >= 0.3 is 8.32 Å². The SMILES string of the molecule is C[Si](C)(C)[O+]=Cc1ccccc1O. The Balaban J connectivity index is 2.86. The number of aromatic hydroxyl groups is 1. The largest absolute Gasteiger partial charge is 0.508 e. The summed E-state index contributed by atoms with van der Waals surface area (Å²) in [6.45, 7) is 6.30. The van der Waals surface area contributed by atoms with E-state index in [4.69, 9.17) is 4.11 Å². The van der Waals surface area contributed by atoms with E-state index in [-0.39, 0.29) is 5.75 Å². The minimum absolute atomic E-state index is 0.265. The number of benzene rings is 1. The molecule has 0 spiro atoms. The Morgan fingerprint density at radius 3 is 2.38 bits per heavy atom. The van der Waals surface area contributed by atoms with Crippen LogP contribution in [0.15, 0.2) is 24.3 Å². The summed E-state index contributed by atoms with van der Waals surface area (Å²) in [4.78, 5) is 0. The van der Waals surface area contributed by atoms with Gasteiger partial charge in [0, 0.05) is 19.6 Å². The average Bonchev–Trinajstić information content (AvgIpc) is 2.01. The Labute approximate surface area is 79.7 Å². The molecule has 0 saturated carbocycles. The fourth-order valence-electron chi connectivity index (χ4n) is 0.827. The second kappa shape index (κ2) is 3.74. The zero-order valence-corrected chi connectivity index (χ0v) is 9.24. The molecule has 0 unspecified atom stereocenters. The number of hydrogen-bond donors (Lipinski definition) is 1. The van der Waals surface area contributed by atoms with Crippen LogP contribution in [0, 0.1) is 0 Å². The highest BCUT2D eigenvalue weighted by Gasteiger charge is 2.28. The van der Waals surface area contributed by atoms with E-state index in [9.17, 15) is 5.11 Å². The molecule has 0 atom stereocenters. The van der Waals surface area contributed by atoms with Crippen LogP contribution in [0.4, 0.5) is 0 Å². The number of phenolic OH excluding ortho intramolecular Hbond substituents is 1. The Bertz CT molecular complexity index is 313. The van der Waals surface area contributed by atoms with Crippen molar-refractivity contribution in [2.24, 2.45) is 0 Å². The van der Waals surface area contributed by atoms with Crippen LogP contribution in [0.2, 0.25) is 19.6 Å². The maximum atomic E-state index is 9.41. The smallest absolute Gasteiger partial charge is 0.507 e. The van der Waals surface area contributed by atoms with E-state index >= 15 is 0 Å². The summed E-state index contributed by atoms with van der Waals surface area (Å²) in [5.74, 6) is 0.265. The number of para-hydroxylation sites is 1. The van der Waals surface area contributed by atoms with E-state index in [0.29, 0.717) is 0 Å². The van der Waals surface area contributed by atoms with Crippen molar-refractivity contribution in [3.8, 4) is 5.75 Å². The number of carbonyl (C=O) groups excluding carboxylic acids is 1. The summed E-state index contributed by atoms with van der Waals surface area (Å²) in [7, 11) is -1.53. The zero-order valence-electron chi connectivity index (χ0n) is 8.24. The summed E-state index contributed by atoms with van der Waals surface area (Å²) in [6.07, 6.45) is 1.64. The Morgan fingerprint density at radius 2 is 1.85 bits per heavy atom. The number of hydrogen-bond acceptors (Lipinski definition) is 1. The van der Waals surface area contributed by atoms with Gasteiger partial charge in [0.1, 0.15) is 11.3 Å². The molecule has 0 fully saturated rings. The maximum absolute atomic E-state index is 9.41. The van der Waals surface area contributed by atoms with Gasteiger partial charge in [-0.3, -0.25) is 0 Å². The highest BCUT2D eigenvalue weighted by atomic mass is 28.4. The topological polar surface area (TPSA) is 31.5 Å². The molecular weight excluding hydrogens is 180 g/mol. The highest BCUT2D eigenvalue weighted by molar-refractivity contribution is 6.67. The van der Waals surface area contributed by atoms with E-state index in [1.54, 1.807) is 18.4 Å². The van der Waals surface area contributed by atoms with Gasteiger partial charge in [0.25, 0.3) is 6.29 Å². The van der Waals surface area contributed by atoms with Crippen LogP contribution >= 0.6 is 0 Å². The average molecular weight is 195 g/mol. The van der Waals surface area contributed by atoms with Gasteiger partial charge < -0.3 is 9.22 Å². The first kappa shape index (κ1) is 9.99. The molecule has 1 N–H and O–H groups in total. The monoisotopic (exact) mass is 195 g/mol. The molecule has 0 amide bonds. The molecule has 0 aliphatic heterocycles. The van der Waals surface area contributed by atoms with Gasteiger partial charge in [-0.1, -0.05) is 12.1 Å². The molecule has 0 bridgehead atoms. The molecule has 70 valence electrons. The maximum Gasteiger partial charge on any atom is 0.508 e. The van der Waals surface area contributed by atoms with E-state index in [2.05, 4.69) is 19.6 Å². The van der Waals surface area contributed by atoms with Gasteiger partial charge in [-0.25, -0.2) is 0 Å². The quantitative estimate of drug-likeness (QED) is 0.439. The summed E-state index contributed by atoms with van der Waals surface area (Å²) >= 11 is 0. The van der Waals surface area contributed by atoms with Gasteiger partial charge in [-0.05, 0) is 12.1 Å². The number of phenols is 1. The van der Waals surface area contributed by atoms with E-state index < -0.39 is 8.32 Å². The standard InChI is InChI=1S/C10H14O2Si/c1-13(2,3)12-8-9-6-4-5-7-10(9)11/h4-8H,1-3H3/p+1. The third-order valence-corrected chi connectivity index (χ3v) is 2.30. The molecule has 0 saturated heterocycles. The van der Waals surface area contributed by atoms with E-state index in [0.717, 1.165) is 5.56 Å². The molecule has 0 radical (unpaired) electrons. The number of aldehydes is 1. The van der Waals surface area contributed by atoms with Crippen molar-refractivity contribution in [1.82, 2.24) is 0 Å². The molecule has 1 aromatic carbocycles. The predicted molar refractivity (Wildman–Crippen MR) is 56.8 cm³/mol. The van der Waals surface area contributed by atoms with Crippen LogP contribution in [-0.4, -0.2) is 19.7 Å². The second-order valence-electron chi connectivity index (χ2n) is 3.91. The fraction of sp³-hybridized carbons (Fsp3) is 0.300. The molecule has 0 aliphatic carbocycles. The first-order chi connectivity index (χ1) is 5.99. The van der Waals surface area contributed by atoms with Gasteiger partial charge in [-0.15, -0.1) is 0 Å². The minimum Gasteiger partial charge on any atom is -0.507 e. The lowest BCUT2D eigenvalue weighted by Crippen LogP contribution is -2.17. The van der Waals surface area contributed by atoms with Crippen molar-refractivity contribution in [2.75, 3.05) is 0 Å². The molecule has 2 nitrogen and oxygen atoms in total. The number of rotatable bonds is 2. The van der Waals surface area contributed by atoms with E-state index in [1.165, 1.54) is 0 Å². The van der Waals surface area contributed by atoms with Crippen LogP contribution < -0.4 is 0 Å². The Morgan fingerprint density at radius 1 is 1.23 bits per heavy atom. The summed E-state index contributed by atoms with van der Waals surface area (Å²) in [5.41, 5.74) is 0.741. The highest BCUT2D eigenvalue weighted by Crippen LogP contribution is 2.13. The predicted octanol–water partition coefficient (Wildman–Crippen LogP) is 2.58. The van der Waals surface area contributed by atoms with Crippen molar-refractivity contribution in [1.29, 1.82) is 0 Å². The third-order valence-electron chi connectivity index (χ3n) is 1.48. The van der Waals surface area contributed by atoms with Crippen molar-refractivity contribution >= 4 is 14.6 Å². The second-order valence-corrected chi connectivity index (χ2v) is 8.37. The molecule has 0 aromatic heterocycles. The first-order valence-corrected chi connectivity index (χ1v) is 7.69. The van der Waals surface area contributed by atoms with E-state index in [1.807, 2.05) is 12.1 Å². The lowest BCUT2D eigenvalue weighted by atomic mass is 10.2. The molecule has 1 aromatic rings. The van der Waals surface area contributed by atoms with Crippen LogP contribution in [0.3, 0.4) is 0 Å². The van der Waals surface area contributed by atoms with Gasteiger partial charge in [-0.2, -0.15) is 0 Å². The van der Waals surface area contributed by atoms with Crippen molar-refractivity contribution in [3.63, 3.8) is 0 Å². The normalized spacial score (nSPS) is 12.2. The van der Waals surface area contributed by atoms with Crippen LogP contribution in [0.25, 0.3) is 0 Å². The van der Waals surface area contributed by atoms with Gasteiger partial charge in [0.15, 0.2) is 0 Å². The summed E-state index contributed by atoms with van der Waals surface area (Å²) in [5, 5.41) is 9.41. The van der Waals surface area contributed by atoms with Gasteiger partial charge in [0.05, 0.1) is 0 Å². The molecular formula is C10H15O2Si+. The van der Waals surface area contributed by atoms with Crippen molar-refractivity contribution in [3.05, 3.63) is 29.8 Å². The Kier molecular flexibility index (Phi) is 2.88. The van der Waals surface area contributed by atoms with Crippen LogP contribution in [0.5, 0.6) is 5.75 Å². The van der Waals surface area contributed by atoms with Crippen LogP contribution in [0.1, 0.15) is 9.68 Å². The van der Waals surface area contributed by atoms with Gasteiger partial charge in [0.2, 0.25) is 0 Å². The molecule has 0 aliphatic rings. The minimum atomic E-state index is -1.53. The summed E-state index contributed by atoms with van der Waals surface area (Å²) in [6, 6.07) is 7.15. The summed E-state index contributed by atoms with van der Waals surface area (Å²) < 4.78 is 5.55. The van der Waals surface area contributed by atoms with Crippen LogP contribution in [-0.2, 0) is 0 Å². The molecule has 1 rings (SSSR count). The molecule has 13 heavy (non-hydrogen) atoms. The lowest BCUT2D eigenvalue weighted by molar-refractivity contribution is -0.0922. The Hall–Kier alpha value is -1.09. The molecule has 3 heteroatoms. The molecule has 0 heterocycles. The zero-order chi connectivity index (χ0) is 9.90. The fourth-order valence-corrected chi connectivity index (χ4v) is 1.31.